The molecule has 0 bridgehead atoms. The van der Waals surface area contributed by atoms with E-state index in [1.54, 1.807) is 18.3 Å². The maximum atomic E-state index is 12.0. The first-order chi connectivity index (χ1) is 14.3. The average molecular weight is 383 g/mol. The molecule has 4 rings (SSSR count). The van der Waals surface area contributed by atoms with Crippen molar-refractivity contribution < 1.29 is 9.53 Å². The van der Waals surface area contributed by atoms with Gasteiger partial charge in [-0.2, -0.15) is 5.10 Å². The molecule has 1 N–H and O–H groups in total. The van der Waals surface area contributed by atoms with Crippen molar-refractivity contribution in [1.82, 2.24) is 9.99 Å². The van der Waals surface area contributed by atoms with Gasteiger partial charge in [0.05, 0.1) is 6.21 Å². The lowest BCUT2D eigenvalue weighted by atomic mass is 10.2. The zero-order chi connectivity index (χ0) is 19.9. The Morgan fingerprint density at radius 2 is 1.62 bits per heavy atom. The number of hydrogen-bond acceptors (Lipinski definition) is 3. The van der Waals surface area contributed by atoms with Crippen molar-refractivity contribution in [3.63, 3.8) is 0 Å². The minimum atomic E-state index is -0.307. The van der Waals surface area contributed by atoms with Gasteiger partial charge in [-0.3, -0.25) is 4.79 Å². The highest BCUT2D eigenvalue weighted by Gasteiger charge is 2.07. The van der Waals surface area contributed by atoms with E-state index in [1.807, 2.05) is 54.7 Å². The van der Waals surface area contributed by atoms with Crippen LogP contribution >= 0.6 is 0 Å². The minimum Gasteiger partial charge on any atom is -0.484 e. The summed E-state index contributed by atoms with van der Waals surface area (Å²) in [7, 11) is 0. The maximum absolute atomic E-state index is 12.0. The fraction of sp³-hybridized carbons (Fsp3) is 0.0833. The van der Waals surface area contributed by atoms with Gasteiger partial charge in [-0.15, -0.1) is 0 Å². The molecule has 0 saturated heterocycles. The number of para-hydroxylation sites is 2. The molecule has 3 aromatic carbocycles. The normalized spacial score (nSPS) is 11.0. The van der Waals surface area contributed by atoms with Crippen LogP contribution in [0.25, 0.3) is 10.9 Å². The number of nitrogens with one attached hydrogen (secondary N) is 1. The molecule has 0 atom stereocenters. The molecule has 1 heterocycles. The summed E-state index contributed by atoms with van der Waals surface area (Å²) < 4.78 is 7.61. The lowest BCUT2D eigenvalue weighted by Gasteiger charge is -2.05. The summed E-state index contributed by atoms with van der Waals surface area (Å²) in [6.45, 7) is 0.684. The topological polar surface area (TPSA) is 55.6 Å². The molecule has 144 valence electrons. The van der Waals surface area contributed by atoms with Gasteiger partial charge in [-0.25, -0.2) is 5.43 Å². The molecule has 1 amide bonds. The Labute approximate surface area is 169 Å². The molecule has 0 spiro atoms. The summed E-state index contributed by atoms with van der Waals surface area (Å²) in [6, 6.07) is 27.7. The molecule has 0 aliphatic carbocycles. The largest absolute Gasteiger partial charge is 0.484 e. The summed E-state index contributed by atoms with van der Waals surface area (Å²) in [6.07, 6.45) is 3.72. The van der Waals surface area contributed by atoms with E-state index >= 15 is 0 Å². The molecule has 1 aromatic heterocycles. The van der Waals surface area contributed by atoms with Crippen LogP contribution in [-0.2, 0) is 11.3 Å². The summed E-state index contributed by atoms with van der Waals surface area (Å²) in [5.41, 5.74) is 5.81. The predicted octanol–water partition coefficient (Wildman–Crippen LogP) is 4.22. The molecule has 5 nitrogen and oxygen atoms in total. The molecule has 0 unspecified atom stereocenters. The third-order valence-corrected chi connectivity index (χ3v) is 4.52. The number of carbonyl (C=O) groups is 1. The van der Waals surface area contributed by atoms with Crippen molar-refractivity contribution in [1.29, 1.82) is 0 Å². The highest BCUT2D eigenvalue weighted by atomic mass is 16.5. The first-order valence-electron chi connectivity index (χ1n) is 9.41. The molecule has 0 fully saturated rings. The second-order valence-electron chi connectivity index (χ2n) is 6.61. The number of nitrogens with zero attached hydrogens (tertiary/aromatic N) is 2. The molecule has 5 heteroatoms. The molecule has 4 aromatic rings. The summed E-state index contributed by atoms with van der Waals surface area (Å²) in [5.74, 6) is 0.341. The van der Waals surface area contributed by atoms with Gasteiger partial charge in [0, 0.05) is 29.2 Å². The quantitative estimate of drug-likeness (QED) is 0.384. The molecule has 0 aliphatic heterocycles. The Balaban J connectivity index is 1.44. The molecule has 0 saturated carbocycles. The van der Waals surface area contributed by atoms with Gasteiger partial charge < -0.3 is 9.30 Å². The number of ether oxygens (including phenoxy) is 1. The SMILES string of the molecule is O=C(COc1ccccc1)NN=Cc1cn(Cc2ccccc2)c2ccccc12. The maximum Gasteiger partial charge on any atom is 0.277 e. The summed E-state index contributed by atoms with van der Waals surface area (Å²) in [4.78, 5) is 12.0. The average Bonchev–Trinajstić information content (AvgIpc) is 3.11. The Hall–Kier alpha value is -3.86. The van der Waals surface area contributed by atoms with Gasteiger partial charge in [-0.1, -0.05) is 66.7 Å². The molecular weight excluding hydrogens is 362 g/mol. The number of amides is 1. The lowest BCUT2D eigenvalue weighted by molar-refractivity contribution is -0.123. The first kappa shape index (κ1) is 18.5. The van der Waals surface area contributed by atoms with E-state index in [4.69, 9.17) is 4.74 Å². The van der Waals surface area contributed by atoms with Crippen LogP contribution in [0.5, 0.6) is 5.75 Å². The highest BCUT2D eigenvalue weighted by molar-refractivity contribution is 5.99. The number of rotatable bonds is 7. The van der Waals surface area contributed by atoms with Crippen molar-refractivity contribution in [3.8, 4) is 5.75 Å². The highest BCUT2D eigenvalue weighted by Crippen LogP contribution is 2.21. The Morgan fingerprint density at radius 1 is 0.931 bits per heavy atom. The molecule has 0 radical (unpaired) electrons. The Bertz CT molecular complexity index is 1120. The van der Waals surface area contributed by atoms with Crippen LogP contribution < -0.4 is 10.2 Å². The lowest BCUT2D eigenvalue weighted by Crippen LogP contribution is -2.24. The van der Waals surface area contributed by atoms with Crippen LogP contribution in [-0.4, -0.2) is 23.3 Å². The van der Waals surface area contributed by atoms with Crippen LogP contribution in [0, 0.1) is 0 Å². The molecular formula is C24H21N3O2. The second kappa shape index (κ2) is 8.89. The van der Waals surface area contributed by atoms with Gasteiger partial charge in [0.15, 0.2) is 6.61 Å². The van der Waals surface area contributed by atoms with E-state index in [0.29, 0.717) is 5.75 Å². The zero-order valence-corrected chi connectivity index (χ0v) is 15.9. The third kappa shape index (κ3) is 4.71. The second-order valence-corrected chi connectivity index (χ2v) is 6.61. The third-order valence-electron chi connectivity index (χ3n) is 4.52. The van der Waals surface area contributed by atoms with Crippen molar-refractivity contribution in [2.75, 3.05) is 6.61 Å². The van der Waals surface area contributed by atoms with E-state index in [0.717, 1.165) is 23.0 Å². The Kier molecular flexibility index (Phi) is 5.67. The van der Waals surface area contributed by atoms with E-state index < -0.39 is 0 Å². The number of fused-ring (bicyclic) bond motifs is 1. The fourth-order valence-corrected chi connectivity index (χ4v) is 3.16. The van der Waals surface area contributed by atoms with Crippen molar-refractivity contribution in [3.05, 3.63) is 102 Å². The van der Waals surface area contributed by atoms with Crippen molar-refractivity contribution in [2.45, 2.75) is 6.54 Å². The summed E-state index contributed by atoms with van der Waals surface area (Å²) in [5, 5.41) is 5.19. The van der Waals surface area contributed by atoms with E-state index in [9.17, 15) is 4.79 Å². The van der Waals surface area contributed by atoms with Gasteiger partial charge in [0.1, 0.15) is 5.75 Å². The van der Waals surface area contributed by atoms with E-state index in [2.05, 4.69) is 39.4 Å². The van der Waals surface area contributed by atoms with Crippen LogP contribution in [0.15, 0.2) is 96.2 Å². The van der Waals surface area contributed by atoms with Crippen LogP contribution in [0.1, 0.15) is 11.1 Å². The summed E-state index contributed by atoms with van der Waals surface area (Å²) >= 11 is 0. The zero-order valence-electron chi connectivity index (χ0n) is 15.9. The van der Waals surface area contributed by atoms with Gasteiger partial charge in [0.25, 0.3) is 5.91 Å². The molecule has 29 heavy (non-hydrogen) atoms. The van der Waals surface area contributed by atoms with Crippen LogP contribution in [0.2, 0.25) is 0 Å². The van der Waals surface area contributed by atoms with Gasteiger partial charge in [0.2, 0.25) is 0 Å². The van der Waals surface area contributed by atoms with E-state index in [1.165, 1.54) is 5.56 Å². The van der Waals surface area contributed by atoms with Crippen molar-refractivity contribution in [2.24, 2.45) is 5.10 Å². The number of hydrogen-bond donors (Lipinski definition) is 1. The molecule has 0 aliphatic rings. The predicted molar refractivity (Wildman–Crippen MR) is 115 cm³/mol. The Morgan fingerprint density at radius 3 is 2.41 bits per heavy atom. The fourth-order valence-electron chi connectivity index (χ4n) is 3.16. The number of aromatic nitrogens is 1. The van der Waals surface area contributed by atoms with Crippen LogP contribution in [0.3, 0.4) is 0 Å². The smallest absolute Gasteiger partial charge is 0.277 e. The van der Waals surface area contributed by atoms with Crippen LogP contribution in [0.4, 0.5) is 0 Å². The monoisotopic (exact) mass is 383 g/mol. The van der Waals surface area contributed by atoms with Gasteiger partial charge >= 0.3 is 0 Å². The minimum absolute atomic E-state index is 0.0862. The van der Waals surface area contributed by atoms with E-state index in [-0.39, 0.29) is 12.5 Å². The number of benzene rings is 3. The first-order valence-corrected chi connectivity index (χ1v) is 9.41. The van der Waals surface area contributed by atoms with Crippen molar-refractivity contribution >= 4 is 23.0 Å². The number of hydrazone groups is 1. The van der Waals surface area contributed by atoms with Gasteiger partial charge in [-0.05, 0) is 23.8 Å². The standard InChI is InChI=1S/C24H21N3O2/c28-24(18-29-21-11-5-2-6-12-21)26-25-15-20-17-27(16-19-9-3-1-4-10-19)23-14-8-7-13-22(20)23/h1-15,17H,16,18H2,(H,26,28). The number of carbonyl (C=O) groups excluding carboxylic acids is 1.